The van der Waals surface area contributed by atoms with Gasteiger partial charge in [-0.3, -0.25) is 4.99 Å². The zero-order chi connectivity index (χ0) is 19.7. The van der Waals surface area contributed by atoms with Gasteiger partial charge in [-0.2, -0.15) is 0 Å². The molecule has 0 spiro atoms. The number of halogens is 2. The van der Waals surface area contributed by atoms with E-state index >= 15 is 0 Å². The molecule has 2 N–H and O–H groups in total. The van der Waals surface area contributed by atoms with Gasteiger partial charge in [0.05, 0.1) is 28.9 Å². The van der Waals surface area contributed by atoms with Crippen molar-refractivity contribution in [2.75, 3.05) is 7.11 Å². The number of nitrogens with one attached hydrogen (secondary N) is 1. The van der Waals surface area contributed by atoms with Gasteiger partial charge < -0.3 is 14.8 Å². The lowest BCUT2D eigenvalue weighted by Crippen LogP contribution is -1.86. The van der Waals surface area contributed by atoms with Gasteiger partial charge in [-0.25, -0.2) is 4.98 Å². The highest BCUT2D eigenvalue weighted by Gasteiger charge is 2.10. The van der Waals surface area contributed by atoms with Gasteiger partial charge >= 0.3 is 0 Å². The van der Waals surface area contributed by atoms with Crippen LogP contribution < -0.4 is 4.74 Å². The molecule has 0 aliphatic heterocycles. The van der Waals surface area contributed by atoms with E-state index in [1.54, 1.807) is 36.5 Å². The number of nitrogens with zero attached hydrogens (tertiary/aromatic N) is 2. The van der Waals surface area contributed by atoms with Crippen molar-refractivity contribution in [2.24, 2.45) is 4.99 Å². The summed E-state index contributed by atoms with van der Waals surface area (Å²) in [4.78, 5) is 12.3. The van der Waals surface area contributed by atoms with Gasteiger partial charge in [0.25, 0.3) is 0 Å². The van der Waals surface area contributed by atoms with E-state index in [1.165, 1.54) is 7.11 Å². The van der Waals surface area contributed by atoms with Crippen molar-refractivity contribution in [3.05, 3.63) is 70.2 Å². The summed E-state index contributed by atoms with van der Waals surface area (Å²) >= 11 is 12.2. The predicted molar refractivity (Wildman–Crippen MR) is 113 cm³/mol. The number of methoxy groups -OCH3 is 1. The molecule has 4 rings (SSSR count). The smallest absolute Gasteiger partial charge is 0.161 e. The number of ether oxygens (including phenoxy) is 1. The second-order valence-corrected chi connectivity index (χ2v) is 6.94. The molecule has 0 bridgehead atoms. The van der Waals surface area contributed by atoms with Crippen LogP contribution in [-0.4, -0.2) is 28.4 Å². The topological polar surface area (TPSA) is 70.5 Å². The van der Waals surface area contributed by atoms with E-state index in [0.717, 1.165) is 27.8 Å². The molecule has 0 amide bonds. The number of hydrogen-bond donors (Lipinski definition) is 2. The number of imidazole rings is 1. The Balaban J connectivity index is 1.65. The van der Waals surface area contributed by atoms with E-state index in [0.29, 0.717) is 21.6 Å². The first-order valence-corrected chi connectivity index (χ1v) is 9.15. The molecule has 4 aromatic rings. The first-order chi connectivity index (χ1) is 13.5. The molecule has 3 aromatic carbocycles. The average molecular weight is 412 g/mol. The minimum atomic E-state index is 0.0897. The van der Waals surface area contributed by atoms with Crippen molar-refractivity contribution in [1.82, 2.24) is 9.97 Å². The summed E-state index contributed by atoms with van der Waals surface area (Å²) in [6.45, 7) is 0. The van der Waals surface area contributed by atoms with Crippen molar-refractivity contribution in [3.63, 3.8) is 0 Å². The van der Waals surface area contributed by atoms with Gasteiger partial charge in [0, 0.05) is 16.8 Å². The molecule has 5 nitrogen and oxygen atoms in total. The molecule has 1 aromatic heterocycles. The second kappa shape index (κ2) is 7.54. The molecule has 1 heterocycles. The highest BCUT2D eigenvalue weighted by molar-refractivity contribution is 6.36. The summed E-state index contributed by atoms with van der Waals surface area (Å²) in [6.07, 6.45) is 1.70. The van der Waals surface area contributed by atoms with Gasteiger partial charge in [-0.15, -0.1) is 0 Å². The largest absolute Gasteiger partial charge is 0.504 e. The fourth-order valence-electron chi connectivity index (χ4n) is 2.81. The van der Waals surface area contributed by atoms with Crippen LogP contribution in [-0.2, 0) is 0 Å². The Hall–Kier alpha value is -3.02. The Bertz CT molecular complexity index is 1200. The van der Waals surface area contributed by atoms with Crippen molar-refractivity contribution < 1.29 is 9.84 Å². The number of rotatable bonds is 4. The lowest BCUT2D eigenvalue weighted by molar-refractivity contribution is 0.373. The van der Waals surface area contributed by atoms with Crippen molar-refractivity contribution in [1.29, 1.82) is 0 Å². The molecular formula is C21H15Cl2N3O2. The van der Waals surface area contributed by atoms with Gasteiger partial charge in [0.2, 0.25) is 0 Å². The van der Waals surface area contributed by atoms with E-state index < -0.39 is 0 Å². The van der Waals surface area contributed by atoms with Crippen molar-refractivity contribution in [3.8, 4) is 22.9 Å². The maximum atomic E-state index is 9.67. The zero-order valence-corrected chi connectivity index (χ0v) is 16.3. The van der Waals surface area contributed by atoms with Crippen LogP contribution in [0.4, 0.5) is 5.69 Å². The molecule has 140 valence electrons. The Kier molecular flexibility index (Phi) is 4.94. The first-order valence-electron chi connectivity index (χ1n) is 8.40. The number of fused-ring (bicyclic) bond motifs is 1. The van der Waals surface area contributed by atoms with E-state index in [9.17, 15) is 5.11 Å². The van der Waals surface area contributed by atoms with E-state index in [4.69, 9.17) is 27.9 Å². The number of aliphatic imine (C=N–C) groups is 1. The number of aromatic amines is 1. The number of phenols is 1. The summed E-state index contributed by atoms with van der Waals surface area (Å²) in [7, 11) is 1.51. The highest BCUT2D eigenvalue weighted by atomic mass is 35.5. The molecule has 0 saturated carbocycles. The summed E-state index contributed by atoms with van der Waals surface area (Å²) in [5.41, 5.74) is 4.01. The molecule has 0 fully saturated rings. The Morgan fingerprint density at radius 2 is 1.93 bits per heavy atom. The fourth-order valence-corrected chi connectivity index (χ4v) is 3.31. The molecule has 0 radical (unpaired) electrons. The zero-order valence-electron chi connectivity index (χ0n) is 14.8. The molecular weight excluding hydrogens is 397 g/mol. The average Bonchev–Trinajstić information content (AvgIpc) is 3.10. The Morgan fingerprint density at radius 1 is 1.07 bits per heavy atom. The minimum absolute atomic E-state index is 0.0897. The number of H-pyrrole nitrogens is 1. The van der Waals surface area contributed by atoms with Crippen LogP contribution in [0.2, 0.25) is 10.0 Å². The number of aromatic nitrogens is 2. The molecule has 7 heteroatoms. The fraction of sp³-hybridized carbons (Fsp3) is 0.0476. The summed E-state index contributed by atoms with van der Waals surface area (Å²) in [6, 6.07) is 16.0. The standard InChI is InChI=1S/C21H15Cl2N3O2/c1-28-20-8-12(2-7-19(20)27)11-24-14-4-6-17-18(10-14)26-21(25-17)15-5-3-13(22)9-16(15)23/h2-11,27H,1H3,(H,25,26). The van der Waals surface area contributed by atoms with Crippen LogP contribution in [0.3, 0.4) is 0 Å². The lowest BCUT2D eigenvalue weighted by atomic mass is 10.2. The molecule has 0 aliphatic carbocycles. The predicted octanol–water partition coefficient (Wildman–Crippen LogP) is 6.00. The number of benzene rings is 3. The van der Waals surface area contributed by atoms with Crippen LogP contribution in [0, 0.1) is 0 Å². The molecule has 0 aliphatic rings. The minimum Gasteiger partial charge on any atom is -0.504 e. The van der Waals surface area contributed by atoms with Crippen LogP contribution in [0.5, 0.6) is 11.5 Å². The lowest BCUT2D eigenvalue weighted by Gasteiger charge is -2.03. The SMILES string of the molecule is COc1cc(C=Nc2ccc3nc(-c4ccc(Cl)cc4Cl)[nH]c3c2)ccc1O. The Morgan fingerprint density at radius 3 is 2.71 bits per heavy atom. The number of aromatic hydroxyl groups is 1. The highest BCUT2D eigenvalue weighted by Crippen LogP contribution is 2.31. The van der Waals surface area contributed by atoms with Crippen molar-refractivity contribution in [2.45, 2.75) is 0 Å². The van der Waals surface area contributed by atoms with Crippen LogP contribution in [0.1, 0.15) is 5.56 Å². The number of hydrogen-bond acceptors (Lipinski definition) is 4. The van der Waals surface area contributed by atoms with Gasteiger partial charge in [0.15, 0.2) is 11.5 Å². The third-order valence-corrected chi connectivity index (χ3v) is 4.77. The normalized spacial score (nSPS) is 11.4. The molecule has 0 atom stereocenters. The van der Waals surface area contributed by atoms with Gasteiger partial charge in [-0.1, -0.05) is 23.2 Å². The maximum absolute atomic E-state index is 9.67. The summed E-state index contributed by atoms with van der Waals surface area (Å²) in [5.74, 6) is 1.16. The first kappa shape index (κ1) is 18.3. The third-order valence-electron chi connectivity index (χ3n) is 4.22. The van der Waals surface area contributed by atoms with Crippen LogP contribution in [0.15, 0.2) is 59.6 Å². The quantitative estimate of drug-likeness (QED) is 0.404. The summed E-state index contributed by atoms with van der Waals surface area (Å²) in [5, 5.41) is 10.8. The Labute approximate surface area is 171 Å². The second-order valence-electron chi connectivity index (χ2n) is 6.10. The third kappa shape index (κ3) is 3.67. The van der Waals surface area contributed by atoms with E-state index in [2.05, 4.69) is 15.0 Å². The van der Waals surface area contributed by atoms with Gasteiger partial charge in [0.1, 0.15) is 5.82 Å². The monoisotopic (exact) mass is 411 g/mol. The maximum Gasteiger partial charge on any atom is 0.161 e. The molecule has 0 unspecified atom stereocenters. The molecule has 0 saturated heterocycles. The van der Waals surface area contributed by atoms with Crippen LogP contribution >= 0.6 is 23.2 Å². The van der Waals surface area contributed by atoms with E-state index in [1.807, 2.05) is 24.3 Å². The van der Waals surface area contributed by atoms with Crippen LogP contribution in [0.25, 0.3) is 22.4 Å². The number of phenolic OH excluding ortho intramolecular Hbond substituents is 1. The summed E-state index contributed by atoms with van der Waals surface area (Å²) < 4.78 is 5.11. The van der Waals surface area contributed by atoms with Gasteiger partial charge in [-0.05, 0) is 60.2 Å². The molecule has 28 heavy (non-hydrogen) atoms. The van der Waals surface area contributed by atoms with E-state index in [-0.39, 0.29) is 5.75 Å². The van der Waals surface area contributed by atoms with Crippen molar-refractivity contribution >= 4 is 46.1 Å².